The summed E-state index contributed by atoms with van der Waals surface area (Å²) in [6.45, 7) is 6.94. The van der Waals surface area contributed by atoms with Gasteiger partial charge in [-0.2, -0.15) is 0 Å². The molecular weight excluding hydrogens is 514 g/mol. The van der Waals surface area contributed by atoms with Crippen LogP contribution in [0.4, 0.5) is 0 Å². The molecule has 11 heteroatoms. The number of aliphatic hydroxyl groups excluding tert-OH is 1. The van der Waals surface area contributed by atoms with Crippen molar-refractivity contribution in [1.29, 1.82) is 0 Å². The topological polar surface area (TPSA) is 121 Å². The zero-order valence-corrected chi connectivity index (χ0v) is 22.6. The van der Waals surface area contributed by atoms with Gasteiger partial charge in [0.05, 0.1) is 33.9 Å². The van der Waals surface area contributed by atoms with E-state index < -0.39 is 41.3 Å². The Kier molecular flexibility index (Phi) is 6.20. The van der Waals surface area contributed by atoms with E-state index in [4.69, 9.17) is 4.74 Å². The Morgan fingerprint density at radius 3 is 2.54 bits per heavy atom. The number of esters is 1. The lowest BCUT2D eigenvalue weighted by atomic mass is 9.67. The number of thioether (sulfide) groups is 1. The lowest BCUT2D eigenvalue weighted by Crippen LogP contribution is -2.66. The molecule has 0 radical (unpaired) electrons. The van der Waals surface area contributed by atoms with E-state index in [1.807, 2.05) is 30.6 Å². The number of rotatable bonds is 7. The van der Waals surface area contributed by atoms with E-state index in [0.29, 0.717) is 16.0 Å². The highest BCUT2D eigenvalue weighted by Crippen LogP contribution is 2.58. The van der Waals surface area contributed by atoms with Gasteiger partial charge in [0.1, 0.15) is 28.5 Å². The molecule has 0 aliphatic carbocycles. The molecule has 2 aliphatic rings. The van der Waals surface area contributed by atoms with Gasteiger partial charge in [-0.3, -0.25) is 9.20 Å². The number of aliphatic carboxylic acids is 1. The summed E-state index contributed by atoms with van der Waals surface area (Å²) in [5.74, 6) is -3.04. The number of hydrogen-bond acceptors (Lipinski definition) is 8. The molecule has 0 bridgehead atoms. The number of carbonyl (C=O) groups is 3. The van der Waals surface area contributed by atoms with Gasteiger partial charge in [0.2, 0.25) is 5.91 Å². The second kappa shape index (κ2) is 9.00. The molecule has 4 heterocycles. The third-order valence-electron chi connectivity index (χ3n) is 7.14. The highest BCUT2D eigenvalue weighted by molar-refractivity contribution is 7.98. The predicted octanol–water partition coefficient (Wildman–Crippen LogP) is 3.61. The number of aryl methyl sites for hydroxylation is 2. The summed E-state index contributed by atoms with van der Waals surface area (Å²) in [5.41, 5.74) is 1.44. The molecule has 194 valence electrons. The molecule has 9 nitrogen and oxygen atoms in total. The first-order chi connectivity index (χ1) is 17.5. The summed E-state index contributed by atoms with van der Waals surface area (Å²) >= 11 is 2.85. The number of fused-ring (bicyclic) bond motifs is 2. The van der Waals surface area contributed by atoms with Crippen molar-refractivity contribution in [2.45, 2.75) is 44.9 Å². The van der Waals surface area contributed by atoms with Crippen molar-refractivity contribution < 1.29 is 29.3 Å². The van der Waals surface area contributed by atoms with Crippen LogP contribution in [-0.2, 0) is 14.3 Å². The molecule has 1 saturated heterocycles. The number of nitrogens with zero attached hydrogens (tertiary/aromatic N) is 3. The number of aromatic nitrogens is 2. The van der Waals surface area contributed by atoms with Gasteiger partial charge < -0.3 is 19.8 Å². The lowest BCUT2D eigenvalue weighted by molar-refractivity contribution is -0.167. The molecule has 4 atom stereocenters. The van der Waals surface area contributed by atoms with Crippen LogP contribution in [0.15, 0.2) is 41.4 Å². The Morgan fingerprint density at radius 1 is 1.27 bits per heavy atom. The maximum Gasteiger partial charge on any atom is 0.352 e. The van der Waals surface area contributed by atoms with Gasteiger partial charge in [-0.25, -0.2) is 14.6 Å². The third-order valence-corrected chi connectivity index (χ3v) is 9.09. The summed E-state index contributed by atoms with van der Waals surface area (Å²) in [7, 11) is 0. The number of carboxylic acids is 1. The van der Waals surface area contributed by atoms with Crippen LogP contribution >= 0.6 is 23.1 Å². The number of β-lactam (4-membered cyclic amide) rings is 1. The van der Waals surface area contributed by atoms with Gasteiger partial charge in [-0.05, 0) is 39.2 Å². The van der Waals surface area contributed by atoms with Crippen LogP contribution in [0.5, 0.6) is 0 Å². The first-order valence-electron chi connectivity index (χ1n) is 11.7. The van der Waals surface area contributed by atoms with Crippen molar-refractivity contribution >= 4 is 51.3 Å². The van der Waals surface area contributed by atoms with Gasteiger partial charge in [-0.1, -0.05) is 24.1 Å². The van der Waals surface area contributed by atoms with Crippen molar-refractivity contribution in [2.75, 3.05) is 12.9 Å². The van der Waals surface area contributed by atoms with Crippen molar-refractivity contribution in [2.24, 2.45) is 11.3 Å². The maximum absolute atomic E-state index is 13.1. The van der Waals surface area contributed by atoms with Crippen LogP contribution in [0.25, 0.3) is 10.4 Å². The monoisotopic (exact) mass is 541 g/mol. The number of thiazole rings is 1. The number of ether oxygens (including phenoxy) is 1. The van der Waals surface area contributed by atoms with E-state index >= 15 is 0 Å². The second-order valence-corrected chi connectivity index (χ2v) is 11.7. The molecular formula is C26H27N3O6S2. The Bertz CT molecular complexity index is 1470. The summed E-state index contributed by atoms with van der Waals surface area (Å²) in [6.07, 6.45) is 4.37. The van der Waals surface area contributed by atoms with Crippen LogP contribution < -0.4 is 0 Å². The summed E-state index contributed by atoms with van der Waals surface area (Å²) in [5, 5.41) is 21.5. The SMILES string of the molecule is CSc1ncn2cc(C3=C(C(=O)O)N4C(=O)[C@H]([C@@H](C)O)[C@@H]4[C@@]3(C)COC(=O)c3cc(C)cc(C)c3)sc12. The van der Waals surface area contributed by atoms with Crippen LogP contribution in [-0.4, -0.2) is 67.4 Å². The number of carbonyl (C=O) groups excluding carboxylic acids is 2. The van der Waals surface area contributed by atoms with E-state index in [9.17, 15) is 24.6 Å². The number of imidazole rings is 1. The number of aliphatic hydroxyl groups is 1. The minimum absolute atomic E-state index is 0.139. The largest absolute Gasteiger partial charge is 0.477 e. The van der Waals surface area contributed by atoms with Crippen molar-refractivity contribution in [3.63, 3.8) is 0 Å². The van der Waals surface area contributed by atoms with E-state index in [2.05, 4.69) is 4.98 Å². The quantitative estimate of drug-likeness (QED) is 0.264. The highest BCUT2D eigenvalue weighted by atomic mass is 32.2. The molecule has 37 heavy (non-hydrogen) atoms. The van der Waals surface area contributed by atoms with Crippen molar-refractivity contribution in [3.05, 3.63) is 58.0 Å². The van der Waals surface area contributed by atoms with E-state index in [0.717, 1.165) is 21.0 Å². The van der Waals surface area contributed by atoms with E-state index in [1.54, 1.807) is 31.6 Å². The zero-order valence-electron chi connectivity index (χ0n) is 21.0. The van der Waals surface area contributed by atoms with Crippen molar-refractivity contribution in [3.8, 4) is 0 Å². The van der Waals surface area contributed by atoms with Gasteiger partial charge in [-0.15, -0.1) is 23.1 Å². The van der Waals surface area contributed by atoms with Gasteiger partial charge in [0.15, 0.2) is 0 Å². The van der Waals surface area contributed by atoms with Crippen LogP contribution in [0.2, 0.25) is 0 Å². The van der Waals surface area contributed by atoms with Crippen LogP contribution in [0.1, 0.15) is 40.2 Å². The third kappa shape index (κ3) is 3.87. The molecule has 0 saturated carbocycles. The van der Waals surface area contributed by atoms with Crippen molar-refractivity contribution in [1.82, 2.24) is 14.3 Å². The molecule has 0 unspecified atom stereocenters. The summed E-state index contributed by atoms with van der Waals surface area (Å²) in [4.78, 5) is 45.8. The first kappa shape index (κ1) is 25.5. The molecule has 2 aromatic heterocycles. The predicted molar refractivity (Wildman–Crippen MR) is 140 cm³/mol. The Hall–Kier alpha value is -3.15. The average Bonchev–Trinajstić information content (AvgIpc) is 3.45. The Morgan fingerprint density at radius 2 is 1.95 bits per heavy atom. The fourth-order valence-electron chi connectivity index (χ4n) is 5.64. The lowest BCUT2D eigenvalue weighted by Gasteiger charge is -2.50. The minimum Gasteiger partial charge on any atom is -0.477 e. The number of benzene rings is 1. The minimum atomic E-state index is -1.25. The molecule has 1 amide bonds. The number of hydrogen-bond donors (Lipinski definition) is 2. The smallest absolute Gasteiger partial charge is 0.352 e. The summed E-state index contributed by atoms with van der Waals surface area (Å²) in [6, 6.07) is 4.76. The molecule has 2 N–H and O–H groups in total. The number of amides is 1. The second-order valence-electron chi connectivity index (χ2n) is 9.88. The fraction of sp³-hybridized carbons (Fsp3) is 0.385. The molecule has 1 aromatic carbocycles. The highest BCUT2D eigenvalue weighted by Gasteiger charge is 2.67. The standard InChI is InChI=1S/C26H27N3O6S2/c1-12-6-13(2)8-15(7-12)25(34)35-10-26(4)18(16-9-28-11-27-21(36-5)23(28)37-16)19(24(32)33)29-20(26)17(14(3)30)22(29)31/h6-9,11,14,17,20,30H,10H2,1-5H3,(H,32,33)/t14-,17-,20-,26+/m1/s1. The Balaban J connectivity index is 1.61. The van der Waals surface area contributed by atoms with Crippen LogP contribution in [0.3, 0.4) is 0 Å². The molecule has 2 aliphatic heterocycles. The summed E-state index contributed by atoms with van der Waals surface area (Å²) < 4.78 is 7.64. The molecule has 5 rings (SSSR count). The molecule has 1 fully saturated rings. The average molecular weight is 542 g/mol. The Labute approximate surface area is 221 Å². The molecule has 0 spiro atoms. The van der Waals surface area contributed by atoms with E-state index in [-0.39, 0.29) is 12.3 Å². The molecule has 3 aromatic rings. The zero-order chi connectivity index (χ0) is 26.8. The van der Waals surface area contributed by atoms with Crippen LogP contribution in [0, 0.1) is 25.2 Å². The van der Waals surface area contributed by atoms with E-state index in [1.165, 1.54) is 34.9 Å². The van der Waals surface area contributed by atoms with Gasteiger partial charge in [0.25, 0.3) is 0 Å². The van der Waals surface area contributed by atoms with Gasteiger partial charge >= 0.3 is 11.9 Å². The fourth-order valence-corrected chi connectivity index (χ4v) is 7.60. The number of carboxylic acid groups (broad SMARTS) is 1. The van der Waals surface area contributed by atoms with Gasteiger partial charge in [0, 0.05) is 11.8 Å². The maximum atomic E-state index is 13.1. The normalized spacial score (nSPS) is 23.8. The first-order valence-corrected chi connectivity index (χ1v) is 13.8.